The van der Waals surface area contributed by atoms with Crippen LogP contribution in [0.5, 0.6) is 11.5 Å². The zero-order valence-corrected chi connectivity index (χ0v) is 24.0. The normalized spacial score (nSPS) is 18.4. The van der Waals surface area contributed by atoms with Crippen molar-refractivity contribution in [2.24, 2.45) is 21.8 Å². The van der Waals surface area contributed by atoms with E-state index < -0.39 is 0 Å². The van der Waals surface area contributed by atoms with Gasteiger partial charge in [0.2, 0.25) is 11.8 Å². The number of ether oxygens (including phenoxy) is 4. The monoisotopic (exact) mass is 540 g/mol. The Bertz CT molecular complexity index is 1240. The molecule has 0 amide bonds. The van der Waals surface area contributed by atoms with E-state index in [1.165, 1.54) is 0 Å². The molecule has 0 saturated heterocycles. The van der Waals surface area contributed by atoms with Crippen LogP contribution in [-0.2, 0) is 22.7 Å². The van der Waals surface area contributed by atoms with Gasteiger partial charge in [-0.25, -0.2) is 9.98 Å². The predicted molar refractivity (Wildman–Crippen MR) is 159 cm³/mol. The Morgan fingerprint density at radius 2 is 1.02 bits per heavy atom. The molecular weight excluding hydrogens is 500 g/mol. The average molecular weight is 541 g/mol. The first-order valence-electron chi connectivity index (χ1n) is 14.4. The van der Waals surface area contributed by atoms with Crippen LogP contribution in [0.2, 0.25) is 0 Å². The molecule has 40 heavy (non-hydrogen) atoms. The number of hydrogen-bond acceptors (Lipinski definition) is 6. The lowest BCUT2D eigenvalue weighted by Gasteiger charge is -2.15. The van der Waals surface area contributed by atoms with Crippen LogP contribution in [0, 0.1) is 11.8 Å². The van der Waals surface area contributed by atoms with Crippen molar-refractivity contribution >= 4 is 11.8 Å². The highest BCUT2D eigenvalue weighted by Crippen LogP contribution is 2.28. The van der Waals surface area contributed by atoms with Gasteiger partial charge in [0.05, 0.1) is 23.2 Å². The van der Waals surface area contributed by atoms with Crippen molar-refractivity contribution in [2.45, 2.75) is 65.8 Å². The maximum Gasteiger partial charge on any atom is 0.220 e. The third-order valence-electron chi connectivity index (χ3n) is 7.03. The van der Waals surface area contributed by atoms with E-state index in [4.69, 9.17) is 28.9 Å². The van der Waals surface area contributed by atoms with Gasteiger partial charge in [-0.3, -0.25) is 0 Å². The van der Waals surface area contributed by atoms with Gasteiger partial charge >= 0.3 is 0 Å². The van der Waals surface area contributed by atoms with Crippen LogP contribution in [0.15, 0.2) is 82.8 Å². The van der Waals surface area contributed by atoms with Gasteiger partial charge in [-0.1, -0.05) is 76.2 Å². The molecule has 2 atom stereocenters. The molecule has 6 nitrogen and oxygen atoms in total. The molecule has 0 bridgehead atoms. The molecular formula is C34H40N2O4. The fraction of sp³-hybridized carbons (Fsp3) is 0.412. The van der Waals surface area contributed by atoms with Crippen LogP contribution < -0.4 is 9.47 Å². The molecule has 0 unspecified atom stereocenters. The fourth-order valence-electron chi connectivity index (χ4n) is 5.14. The van der Waals surface area contributed by atoms with Crippen molar-refractivity contribution in [1.82, 2.24) is 0 Å². The van der Waals surface area contributed by atoms with E-state index in [1.54, 1.807) is 0 Å². The Morgan fingerprint density at radius 3 is 1.45 bits per heavy atom. The van der Waals surface area contributed by atoms with Crippen LogP contribution in [-0.4, -0.2) is 37.1 Å². The van der Waals surface area contributed by atoms with Crippen LogP contribution in [0.3, 0.4) is 0 Å². The minimum absolute atomic E-state index is 0.200. The number of nitrogens with zero attached hydrogens (tertiary/aromatic N) is 2. The quantitative estimate of drug-likeness (QED) is 0.243. The third kappa shape index (κ3) is 7.04. The summed E-state index contributed by atoms with van der Waals surface area (Å²) >= 11 is 0. The van der Waals surface area contributed by atoms with E-state index in [0.29, 0.717) is 50.1 Å². The molecule has 2 heterocycles. The second kappa shape index (κ2) is 13.0. The Kier molecular flexibility index (Phi) is 9.04. The summed E-state index contributed by atoms with van der Waals surface area (Å²) in [7, 11) is 0. The van der Waals surface area contributed by atoms with Crippen LogP contribution >= 0.6 is 0 Å². The van der Waals surface area contributed by atoms with Gasteiger partial charge in [0.15, 0.2) is 0 Å². The number of aliphatic imine (C=N–C) groups is 2. The van der Waals surface area contributed by atoms with Gasteiger partial charge in [0, 0.05) is 0 Å². The average Bonchev–Trinajstić information content (AvgIpc) is 3.60. The predicted octanol–water partition coefficient (Wildman–Crippen LogP) is 7.23. The second-order valence-corrected chi connectivity index (χ2v) is 11.4. The third-order valence-corrected chi connectivity index (χ3v) is 7.03. The Hall–Kier alpha value is -3.80. The summed E-state index contributed by atoms with van der Waals surface area (Å²) < 4.78 is 24.6. The van der Waals surface area contributed by atoms with Crippen LogP contribution in [0.4, 0.5) is 0 Å². The SMILES string of the molecule is CC(C)C[C@H]1COC(c2ccccc2OCc2ccccc2COc2ccccc2C2=N[C@@H](CC(C)C)CO2)=N1. The van der Waals surface area contributed by atoms with Gasteiger partial charge < -0.3 is 18.9 Å². The first kappa shape index (κ1) is 27.8. The number of rotatable bonds is 12. The van der Waals surface area contributed by atoms with Crippen molar-refractivity contribution in [1.29, 1.82) is 0 Å². The summed E-state index contributed by atoms with van der Waals surface area (Å²) in [5, 5.41) is 0. The number of para-hydroxylation sites is 2. The highest BCUT2D eigenvalue weighted by atomic mass is 16.5. The summed E-state index contributed by atoms with van der Waals surface area (Å²) in [5.41, 5.74) is 3.91. The standard InChI is InChI=1S/C34H40N2O4/c1-23(2)17-27-21-39-33(35-27)29-13-7-9-15-31(29)37-19-25-11-5-6-12-26(25)20-38-32-16-10-8-14-30(32)34-36-28(22-40-34)18-24(3)4/h5-16,23-24,27-28H,17-22H2,1-4H3/t27-,28-/m0/s1. The Balaban J connectivity index is 1.27. The molecule has 0 N–H and O–H groups in total. The molecule has 2 aliphatic heterocycles. The lowest BCUT2D eigenvalue weighted by molar-refractivity contribution is 0.279. The molecule has 0 aliphatic carbocycles. The molecule has 3 aromatic carbocycles. The van der Waals surface area contributed by atoms with E-state index in [1.807, 2.05) is 60.7 Å². The van der Waals surface area contributed by atoms with Crippen molar-refractivity contribution in [3.8, 4) is 11.5 Å². The molecule has 0 aromatic heterocycles. The molecule has 6 heteroatoms. The zero-order chi connectivity index (χ0) is 27.9. The first-order chi connectivity index (χ1) is 19.5. The lowest BCUT2D eigenvalue weighted by atomic mass is 10.1. The molecule has 0 spiro atoms. The molecule has 210 valence electrons. The summed E-state index contributed by atoms with van der Waals surface area (Å²) in [5.74, 6) is 4.02. The molecule has 3 aromatic rings. The minimum atomic E-state index is 0.200. The fourth-order valence-corrected chi connectivity index (χ4v) is 5.14. The van der Waals surface area contributed by atoms with E-state index in [0.717, 1.165) is 46.6 Å². The van der Waals surface area contributed by atoms with Crippen molar-refractivity contribution in [3.05, 3.63) is 95.1 Å². The zero-order valence-electron chi connectivity index (χ0n) is 24.0. The van der Waals surface area contributed by atoms with Crippen LogP contribution in [0.25, 0.3) is 0 Å². The van der Waals surface area contributed by atoms with Gasteiger partial charge in [-0.2, -0.15) is 0 Å². The molecule has 0 fully saturated rings. The Morgan fingerprint density at radius 1 is 0.625 bits per heavy atom. The van der Waals surface area contributed by atoms with Gasteiger partial charge in [-0.05, 0) is 60.1 Å². The van der Waals surface area contributed by atoms with Crippen molar-refractivity contribution in [2.75, 3.05) is 13.2 Å². The molecule has 0 saturated carbocycles. The number of hydrogen-bond donors (Lipinski definition) is 0. The van der Waals surface area contributed by atoms with Crippen molar-refractivity contribution in [3.63, 3.8) is 0 Å². The topological polar surface area (TPSA) is 61.6 Å². The first-order valence-corrected chi connectivity index (χ1v) is 14.4. The van der Waals surface area contributed by atoms with Crippen molar-refractivity contribution < 1.29 is 18.9 Å². The number of benzene rings is 3. The highest BCUT2D eigenvalue weighted by Gasteiger charge is 2.24. The van der Waals surface area contributed by atoms with E-state index in [9.17, 15) is 0 Å². The Labute approximate surface area is 238 Å². The van der Waals surface area contributed by atoms with E-state index >= 15 is 0 Å². The molecule has 2 aliphatic rings. The maximum atomic E-state index is 6.34. The summed E-state index contributed by atoms with van der Waals surface area (Å²) in [6, 6.07) is 24.5. The second-order valence-electron chi connectivity index (χ2n) is 11.4. The summed E-state index contributed by atoms with van der Waals surface area (Å²) in [6.45, 7) is 10.9. The smallest absolute Gasteiger partial charge is 0.220 e. The molecule has 0 radical (unpaired) electrons. The summed E-state index contributed by atoms with van der Waals surface area (Å²) in [6.07, 6.45) is 2.03. The highest BCUT2D eigenvalue weighted by molar-refractivity contribution is 5.98. The van der Waals surface area contributed by atoms with E-state index in [2.05, 4.69) is 39.8 Å². The van der Waals surface area contributed by atoms with E-state index in [-0.39, 0.29) is 12.1 Å². The van der Waals surface area contributed by atoms with Gasteiger partial charge in [0.25, 0.3) is 0 Å². The summed E-state index contributed by atoms with van der Waals surface area (Å²) in [4.78, 5) is 9.66. The van der Waals surface area contributed by atoms with Gasteiger partial charge in [-0.15, -0.1) is 0 Å². The maximum absolute atomic E-state index is 6.34. The largest absolute Gasteiger partial charge is 0.488 e. The van der Waals surface area contributed by atoms with Crippen LogP contribution in [0.1, 0.15) is 62.8 Å². The lowest BCUT2D eigenvalue weighted by Crippen LogP contribution is -2.09. The van der Waals surface area contributed by atoms with Gasteiger partial charge in [0.1, 0.15) is 37.9 Å². The minimum Gasteiger partial charge on any atom is -0.488 e. The molecule has 5 rings (SSSR count).